The zero-order valence-electron chi connectivity index (χ0n) is 27.2. The Hall–Kier alpha value is -4.20. The molecule has 1 atom stereocenters. The molecule has 1 amide bonds. The molecule has 0 radical (unpaired) electrons. The van der Waals surface area contributed by atoms with Crippen LogP contribution in [-0.4, -0.2) is 95.3 Å². The van der Waals surface area contributed by atoms with E-state index in [2.05, 4.69) is 10.3 Å². The number of carboxylic acid groups (broad SMARTS) is 1. The zero-order valence-corrected chi connectivity index (χ0v) is 27.2. The summed E-state index contributed by atoms with van der Waals surface area (Å²) >= 11 is 0. The van der Waals surface area contributed by atoms with Gasteiger partial charge in [-0.05, 0) is 82.5 Å². The topological polar surface area (TPSA) is 95.0 Å². The fourth-order valence-electron chi connectivity index (χ4n) is 7.62. The quantitative estimate of drug-likeness (QED) is 0.206. The fourth-order valence-corrected chi connectivity index (χ4v) is 7.62. The lowest BCUT2D eigenvalue weighted by molar-refractivity contribution is -0.236. The van der Waals surface area contributed by atoms with Gasteiger partial charge in [0.1, 0.15) is 11.5 Å². The first kappa shape index (κ1) is 34.3. The molecule has 13 heteroatoms. The van der Waals surface area contributed by atoms with Gasteiger partial charge < -0.3 is 15.2 Å². The minimum atomic E-state index is -4.86. The fraction of sp³-hybridized carbons (Fsp3) is 0.432. The highest BCUT2D eigenvalue weighted by Gasteiger charge is 2.61. The maximum absolute atomic E-state index is 14.6. The summed E-state index contributed by atoms with van der Waals surface area (Å²) in [6.45, 7) is 1.31. The van der Waals surface area contributed by atoms with Crippen LogP contribution in [0.25, 0.3) is 32.7 Å². The maximum atomic E-state index is 14.6. The van der Waals surface area contributed by atoms with Gasteiger partial charge in [0.25, 0.3) is 5.92 Å². The van der Waals surface area contributed by atoms with Crippen LogP contribution < -0.4 is 5.32 Å². The number of rotatable bonds is 9. The van der Waals surface area contributed by atoms with Gasteiger partial charge >= 0.3 is 12.1 Å². The number of carbonyl (C=O) groups is 2. The Kier molecular flexibility index (Phi) is 9.02. The Morgan fingerprint density at radius 2 is 1.70 bits per heavy atom. The second kappa shape index (κ2) is 13.2. The number of halogens is 5. The molecular weight excluding hydrogens is 659 g/mol. The first-order valence-corrected chi connectivity index (χ1v) is 16.7. The predicted octanol–water partition coefficient (Wildman–Crippen LogP) is 6.05. The van der Waals surface area contributed by atoms with E-state index in [1.807, 2.05) is 47.4 Å². The van der Waals surface area contributed by atoms with Gasteiger partial charge in [0, 0.05) is 43.7 Å². The molecule has 1 aromatic heterocycles. The van der Waals surface area contributed by atoms with E-state index in [1.165, 1.54) is 0 Å². The van der Waals surface area contributed by atoms with Crippen LogP contribution in [0, 0.1) is 5.41 Å². The van der Waals surface area contributed by atoms with Crippen molar-refractivity contribution in [3.05, 3.63) is 78.1 Å². The molecule has 3 aromatic carbocycles. The van der Waals surface area contributed by atoms with Crippen molar-refractivity contribution in [3.63, 3.8) is 0 Å². The summed E-state index contributed by atoms with van der Waals surface area (Å²) in [6.07, 6.45) is -2.83. The number of fused-ring (bicyclic) bond motifs is 2. The van der Waals surface area contributed by atoms with Crippen molar-refractivity contribution < 1.29 is 41.4 Å². The van der Waals surface area contributed by atoms with E-state index in [0.29, 0.717) is 30.7 Å². The van der Waals surface area contributed by atoms with Crippen LogP contribution in [0.2, 0.25) is 0 Å². The van der Waals surface area contributed by atoms with E-state index < -0.39 is 48.3 Å². The Morgan fingerprint density at radius 3 is 2.36 bits per heavy atom. The molecule has 264 valence electrons. The zero-order chi connectivity index (χ0) is 35.3. The lowest BCUT2D eigenvalue weighted by atomic mass is 9.76. The second-order valence-electron chi connectivity index (χ2n) is 13.8. The monoisotopic (exact) mass is 696 g/mol. The third-order valence-electron chi connectivity index (χ3n) is 10.6. The standard InChI is InChI=1S/C37H37F5N4O4/c38-36(39)10-12-45(22-36)19-23-15-25-7-11-43-18-31(25)30(16-23)29-6-2-4-27-24(3-1-5-28(27)29)17-32(33(47)48)44-34(49)35(37(40,41)42)8-13-46(14-9-35)26-20-50-21-26/h1-7,11,15-16,18,26,32H,8-10,12-14,17,19-22H2,(H,44,49)(H,47,48)/t32-/m0/s1. The smallest absolute Gasteiger partial charge is 0.403 e. The van der Waals surface area contributed by atoms with Gasteiger partial charge in [0.2, 0.25) is 5.91 Å². The van der Waals surface area contributed by atoms with Gasteiger partial charge in [0.15, 0.2) is 0 Å². The molecule has 8 nitrogen and oxygen atoms in total. The highest BCUT2D eigenvalue weighted by molar-refractivity contribution is 6.06. The third-order valence-corrected chi connectivity index (χ3v) is 10.6. The SMILES string of the molecule is O=C(O)[C@H](Cc1cccc2c(-c3cc(CN4CCC(F)(F)C4)cc4ccncc34)cccc12)NC(=O)C1(C(F)(F)F)CCN(C2COC2)CC1. The molecular formula is C37H37F5N4O4. The molecule has 4 heterocycles. The summed E-state index contributed by atoms with van der Waals surface area (Å²) in [5.41, 5.74) is 0.305. The highest BCUT2D eigenvalue weighted by Crippen LogP contribution is 2.47. The average molecular weight is 697 g/mol. The van der Waals surface area contributed by atoms with Gasteiger partial charge in [-0.1, -0.05) is 36.4 Å². The average Bonchev–Trinajstić information content (AvgIpc) is 3.40. The number of alkyl halides is 5. The summed E-state index contributed by atoms with van der Waals surface area (Å²) in [6, 6.07) is 15.1. The minimum absolute atomic E-state index is 0.0298. The van der Waals surface area contributed by atoms with Crippen molar-refractivity contribution in [1.82, 2.24) is 20.1 Å². The van der Waals surface area contributed by atoms with Gasteiger partial charge in [0.05, 0.1) is 25.8 Å². The van der Waals surface area contributed by atoms with Crippen LogP contribution in [0.15, 0.2) is 67.0 Å². The first-order valence-electron chi connectivity index (χ1n) is 16.7. The number of carboxylic acids is 1. The summed E-state index contributed by atoms with van der Waals surface area (Å²) in [7, 11) is 0. The molecule has 0 bridgehead atoms. The molecule has 3 aliphatic heterocycles. The number of amides is 1. The lowest BCUT2D eigenvalue weighted by Crippen LogP contribution is -2.61. The van der Waals surface area contributed by atoms with Crippen molar-refractivity contribution in [2.45, 2.75) is 56.4 Å². The lowest BCUT2D eigenvalue weighted by Gasteiger charge is -2.46. The van der Waals surface area contributed by atoms with Crippen LogP contribution in [0.1, 0.15) is 30.4 Å². The number of nitrogens with zero attached hydrogens (tertiary/aromatic N) is 3. The van der Waals surface area contributed by atoms with Crippen LogP contribution in [0.5, 0.6) is 0 Å². The number of aromatic nitrogens is 1. The van der Waals surface area contributed by atoms with Gasteiger partial charge in [-0.15, -0.1) is 0 Å². The largest absolute Gasteiger partial charge is 0.480 e. The number of benzene rings is 3. The summed E-state index contributed by atoms with van der Waals surface area (Å²) in [5, 5.41) is 15.6. The first-order chi connectivity index (χ1) is 23.8. The van der Waals surface area contributed by atoms with Crippen molar-refractivity contribution in [1.29, 1.82) is 0 Å². The molecule has 7 rings (SSSR count). The Balaban J connectivity index is 1.18. The molecule has 4 aromatic rings. The number of ether oxygens (including phenoxy) is 1. The number of aliphatic carboxylic acids is 1. The normalized spacial score (nSPS) is 20.5. The summed E-state index contributed by atoms with van der Waals surface area (Å²) in [4.78, 5) is 33.9. The maximum Gasteiger partial charge on any atom is 0.403 e. The van der Waals surface area contributed by atoms with Crippen molar-refractivity contribution in [3.8, 4) is 11.1 Å². The number of hydrogen-bond acceptors (Lipinski definition) is 6. The molecule has 2 N–H and O–H groups in total. The van der Waals surface area contributed by atoms with Gasteiger partial charge in [-0.2, -0.15) is 13.2 Å². The molecule has 3 saturated heterocycles. The van der Waals surface area contributed by atoms with Crippen LogP contribution in [0.3, 0.4) is 0 Å². The number of hydrogen-bond donors (Lipinski definition) is 2. The Labute approximate surface area is 285 Å². The van der Waals surface area contributed by atoms with Crippen molar-refractivity contribution in [2.75, 3.05) is 39.4 Å². The molecule has 50 heavy (non-hydrogen) atoms. The van der Waals surface area contributed by atoms with E-state index in [9.17, 15) is 36.6 Å². The van der Waals surface area contributed by atoms with E-state index in [0.717, 1.165) is 32.8 Å². The van der Waals surface area contributed by atoms with E-state index in [4.69, 9.17) is 4.74 Å². The number of nitrogens with one attached hydrogen (secondary N) is 1. The van der Waals surface area contributed by atoms with Crippen LogP contribution >= 0.6 is 0 Å². The van der Waals surface area contributed by atoms with Gasteiger partial charge in [-0.3, -0.25) is 19.6 Å². The second-order valence-corrected chi connectivity index (χ2v) is 13.8. The molecule has 3 aliphatic rings. The molecule has 3 fully saturated rings. The van der Waals surface area contributed by atoms with Crippen LogP contribution in [0.4, 0.5) is 22.0 Å². The van der Waals surface area contributed by atoms with E-state index >= 15 is 0 Å². The molecule has 0 aliphatic carbocycles. The Morgan fingerprint density at radius 1 is 0.960 bits per heavy atom. The molecule has 0 spiro atoms. The van der Waals surface area contributed by atoms with E-state index in [1.54, 1.807) is 29.4 Å². The van der Waals surface area contributed by atoms with Crippen molar-refractivity contribution >= 4 is 33.4 Å². The number of piperidine rings is 1. The third kappa shape index (κ3) is 6.54. The highest BCUT2D eigenvalue weighted by atomic mass is 19.4. The van der Waals surface area contributed by atoms with Crippen molar-refractivity contribution in [2.24, 2.45) is 5.41 Å². The summed E-state index contributed by atoms with van der Waals surface area (Å²) < 4.78 is 76.8. The van der Waals surface area contributed by atoms with Gasteiger partial charge in [-0.25, -0.2) is 13.6 Å². The number of carbonyl (C=O) groups excluding carboxylic acids is 1. The van der Waals surface area contributed by atoms with E-state index in [-0.39, 0.29) is 45.1 Å². The molecule has 0 saturated carbocycles. The summed E-state index contributed by atoms with van der Waals surface area (Å²) in [5.74, 6) is -5.49. The minimum Gasteiger partial charge on any atom is -0.480 e. The number of likely N-dealkylation sites (tertiary alicyclic amines) is 2. The number of pyridine rings is 1. The predicted molar refractivity (Wildman–Crippen MR) is 177 cm³/mol. The van der Waals surface area contributed by atoms with Crippen LogP contribution in [-0.2, 0) is 27.3 Å². The Bertz CT molecular complexity index is 1920. The molecule has 0 unspecified atom stereocenters.